The first-order valence-corrected chi connectivity index (χ1v) is 7.16. The van der Waals surface area contributed by atoms with E-state index < -0.39 is 12.3 Å². The first kappa shape index (κ1) is 14.4. The van der Waals surface area contributed by atoms with Crippen LogP contribution >= 0.6 is 11.6 Å². The molecule has 0 radical (unpaired) electrons. The van der Waals surface area contributed by atoms with Crippen LogP contribution in [0.5, 0.6) is 0 Å². The van der Waals surface area contributed by atoms with E-state index in [4.69, 9.17) is 16.3 Å². The monoisotopic (exact) mass is 284 g/mol. The molecule has 5 heteroatoms. The number of hydrogen-bond acceptors (Lipinski definition) is 1. The van der Waals surface area contributed by atoms with Crippen LogP contribution in [0.1, 0.15) is 51.9 Å². The van der Waals surface area contributed by atoms with E-state index in [0.717, 1.165) is 45.4 Å². The molecule has 18 heavy (non-hydrogen) atoms. The number of rotatable bonds is 2. The second kappa shape index (κ2) is 5.20. The summed E-state index contributed by atoms with van der Waals surface area (Å²) in [5, 5.41) is -0.0129. The van der Waals surface area contributed by atoms with Crippen molar-refractivity contribution in [2.75, 3.05) is 0 Å². The number of alkyl halides is 4. The molecule has 2 saturated carbocycles. The largest absolute Gasteiger partial charge is 0.414 e. The Hall–Kier alpha value is 0.0400. The molecular weight excluding hydrogens is 265 g/mol. The van der Waals surface area contributed by atoms with Gasteiger partial charge in [-0.05, 0) is 26.2 Å². The molecule has 0 aromatic carbocycles. The van der Waals surface area contributed by atoms with Crippen molar-refractivity contribution in [3.8, 4) is 0 Å². The lowest BCUT2D eigenvalue weighted by Crippen LogP contribution is -2.57. The van der Waals surface area contributed by atoms with E-state index in [1.807, 2.05) is 0 Å². The van der Waals surface area contributed by atoms with Crippen molar-refractivity contribution in [2.45, 2.75) is 75.6 Å². The van der Waals surface area contributed by atoms with Crippen LogP contribution in [0, 0.1) is 5.41 Å². The van der Waals surface area contributed by atoms with Crippen molar-refractivity contribution < 1.29 is 17.9 Å². The van der Waals surface area contributed by atoms with Crippen molar-refractivity contribution in [2.24, 2.45) is 5.41 Å². The summed E-state index contributed by atoms with van der Waals surface area (Å²) in [5.74, 6) is 0. The molecule has 0 heterocycles. The van der Waals surface area contributed by atoms with E-state index in [1.54, 1.807) is 0 Å². The lowest BCUT2D eigenvalue weighted by Gasteiger charge is -2.54. The maximum Gasteiger partial charge on any atom is 0.414 e. The standard InChI is InChI=1S/C13H20ClF3O/c1-9(13(15,16)17)18-11-8-10(14)12(11)6-4-2-3-5-7-12/h9-11H,2-8H2,1H3. The summed E-state index contributed by atoms with van der Waals surface area (Å²) in [4.78, 5) is 0. The van der Waals surface area contributed by atoms with Gasteiger partial charge in [0.25, 0.3) is 0 Å². The van der Waals surface area contributed by atoms with E-state index in [1.165, 1.54) is 0 Å². The number of hydrogen-bond donors (Lipinski definition) is 0. The van der Waals surface area contributed by atoms with Gasteiger partial charge in [0.2, 0.25) is 0 Å². The van der Waals surface area contributed by atoms with Crippen molar-refractivity contribution >= 4 is 11.6 Å². The van der Waals surface area contributed by atoms with Crippen LogP contribution in [0.3, 0.4) is 0 Å². The highest BCUT2D eigenvalue weighted by molar-refractivity contribution is 6.21. The average molecular weight is 285 g/mol. The molecule has 1 spiro atoms. The van der Waals surface area contributed by atoms with E-state index in [9.17, 15) is 13.2 Å². The Labute approximate surface area is 111 Å². The Morgan fingerprint density at radius 3 is 2.17 bits per heavy atom. The zero-order chi connectivity index (χ0) is 13.4. The van der Waals surface area contributed by atoms with Crippen molar-refractivity contribution in [1.29, 1.82) is 0 Å². The number of halogens is 4. The van der Waals surface area contributed by atoms with E-state index >= 15 is 0 Å². The van der Waals surface area contributed by atoms with Gasteiger partial charge in [0.05, 0.1) is 6.10 Å². The Kier molecular flexibility index (Phi) is 4.17. The first-order chi connectivity index (χ1) is 8.36. The quantitative estimate of drug-likeness (QED) is 0.669. The molecule has 2 aliphatic carbocycles. The fourth-order valence-corrected chi connectivity index (χ4v) is 3.76. The molecule has 106 valence electrons. The summed E-state index contributed by atoms with van der Waals surface area (Å²) < 4.78 is 42.9. The summed E-state index contributed by atoms with van der Waals surface area (Å²) in [6.45, 7) is 1.09. The predicted octanol–water partition coefficient (Wildman–Crippen LogP) is 4.67. The van der Waals surface area contributed by atoms with Crippen LogP contribution in [-0.2, 0) is 4.74 Å². The fourth-order valence-electron chi connectivity index (χ4n) is 3.24. The molecule has 0 N–H and O–H groups in total. The molecule has 0 bridgehead atoms. The van der Waals surface area contributed by atoms with E-state index in [2.05, 4.69) is 0 Å². The zero-order valence-electron chi connectivity index (χ0n) is 10.6. The molecule has 2 rings (SSSR count). The van der Waals surface area contributed by atoms with Crippen LogP contribution < -0.4 is 0 Å². The lowest BCUT2D eigenvalue weighted by molar-refractivity contribution is -0.255. The normalized spacial score (nSPS) is 33.8. The highest BCUT2D eigenvalue weighted by atomic mass is 35.5. The van der Waals surface area contributed by atoms with Gasteiger partial charge in [-0.3, -0.25) is 0 Å². The topological polar surface area (TPSA) is 9.23 Å². The van der Waals surface area contributed by atoms with E-state index in [-0.39, 0.29) is 16.9 Å². The van der Waals surface area contributed by atoms with Crippen LogP contribution in [-0.4, -0.2) is 23.8 Å². The molecule has 0 aromatic rings. The third-order valence-electron chi connectivity index (χ3n) is 4.55. The summed E-state index contributed by atoms with van der Waals surface area (Å²) in [6, 6.07) is 0. The van der Waals surface area contributed by atoms with Crippen molar-refractivity contribution in [3.63, 3.8) is 0 Å². The number of ether oxygens (including phenoxy) is 1. The Morgan fingerprint density at radius 1 is 1.17 bits per heavy atom. The molecule has 3 atom stereocenters. The highest BCUT2D eigenvalue weighted by Crippen LogP contribution is 2.55. The van der Waals surface area contributed by atoms with Gasteiger partial charge in [0.15, 0.2) is 6.10 Å². The molecule has 3 unspecified atom stereocenters. The minimum absolute atomic E-state index is 0.0129. The summed E-state index contributed by atoms with van der Waals surface area (Å²) in [5.41, 5.74) is -0.197. The second-order valence-corrected chi connectivity index (χ2v) is 6.19. The molecular formula is C13H20ClF3O. The van der Waals surface area contributed by atoms with Gasteiger partial charge < -0.3 is 4.74 Å². The molecule has 2 fully saturated rings. The maximum absolute atomic E-state index is 12.5. The Bertz CT molecular complexity index is 284. The Morgan fingerprint density at radius 2 is 1.72 bits per heavy atom. The molecule has 2 aliphatic rings. The third-order valence-corrected chi connectivity index (χ3v) is 5.16. The molecule has 1 nitrogen and oxygen atoms in total. The summed E-state index contributed by atoms with van der Waals surface area (Å²) in [7, 11) is 0. The minimum Gasteiger partial charge on any atom is -0.365 e. The van der Waals surface area contributed by atoms with Crippen molar-refractivity contribution in [3.05, 3.63) is 0 Å². The SMILES string of the molecule is CC(OC1CC(Cl)C12CCCCCC2)C(F)(F)F. The van der Waals surface area contributed by atoms with Crippen LogP contribution in [0.25, 0.3) is 0 Å². The molecule has 0 aromatic heterocycles. The van der Waals surface area contributed by atoms with Crippen molar-refractivity contribution in [1.82, 2.24) is 0 Å². The Balaban J connectivity index is 2.01. The van der Waals surface area contributed by atoms with Crippen LogP contribution in [0.4, 0.5) is 13.2 Å². The zero-order valence-corrected chi connectivity index (χ0v) is 11.4. The summed E-state index contributed by atoms with van der Waals surface area (Å²) >= 11 is 6.29. The van der Waals surface area contributed by atoms with Crippen LogP contribution in [0.2, 0.25) is 0 Å². The molecule has 0 saturated heterocycles. The fraction of sp³-hybridized carbons (Fsp3) is 1.00. The van der Waals surface area contributed by atoms with Gasteiger partial charge in [-0.25, -0.2) is 0 Å². The van der Waals surface area contributed by atoms with Gasteiger partial charge in [-0.1, -0.05) is 25.7 Å². The van der Waals surface area contributed by atoms with Gasteiger partial charge in [0, 0.05) is 10.8 Å². The second-order valence-electron chi connectivity index (χ2n) is 5.66. The van der Waals surface area contributed by atoms with Gasteiger partial charge in [0.1, 0.15) is 0 Å². The van der Waals surface area contributed by atoms with Gasteiger partial charge in [-0.15, -0.1) is 11.6 Å². The van der Waals surface area contributed by atoms with E-state index in [0.29, 0.717) is 6.42 Å². The minimum atomic E-state index is -4.27. The maximum atomic E-state index is 12.5. The van der Waals surface area contributed by atoms with Gasteiger partial charge in [-0.2, -0.15) is 13.2 Å². The predicted molar refractivity (Wildman–Crippen MR) is 64.8 cm³/mol. The molecule has 0 aliphatic heterocycles. The molecule has 0 amide bonds. The summed E-state index contributed by atoms with van der Waals surface area (Å²) in [6.07, 6.45) is 0.548. The smallest absolute Gasteiger partial charge is 0.365 e. The lowest BCUT2D eigenvalue weighted by atomic mass is 9.61. The first-order valence-electron chi connectivity index (χ1n) is 6.72. The average Bonchev–Trinajstić information content (AvgIpc) is 2.54. The van der Waals surface area contributed by atoms with Gasteiger partial charge >= 0.3 is 6.18 Å². The highest BCUT2D eigenvalue weighted by Gasteiger charge is 2.56. The third kappa shape index (κ3) is 2.64. The van der Waals surface area contributed by atoms with Crippen LogP contribution in [0.15, 0.2) is 0 Å².